The third-order valence-electron chi connectivity index (χ3n) is 1.91. The predicted molar refractivity (Wildman–Crippen MR) is 49.2 cm³/mol. The van der Waals surface area contributed by atoms with E-state index in [1.165, 1.54) is 12.1 Å². The molecule has 1 rings (SSSR count). The van der Waals surface area contributed by atoms with E-state index in [1.54, 1.807) is 13.0 Å². The van der Waals surface area contributed by atoms with Crippen LogP contribution in [-0.2, 0) is 0 Å². The van der Waals surface area contributed by atoms with Crippen molar-refractivity contribution >= 4 is 11.6 Å². The molecule has 0 heterocycles. The number of hydrogen-bond acceptors (Lipinski definition) is 1. The Bertz CT molecular complexity index is 335. The van der Waals surface area contributed by atoms with Crippen LogP contribution in [0.2, 0.25) is 5.02 Å². The summed E-state index contributed by atoms with van der Waals surface area (Å²) in [6.45, 7) is 1.63. The van der Waals surface area contributed by atoms with Gasteiger partial charge in [0.15, 0.2) is 0 Å². The van der Waals surface area contributed by atoms with Gasteiger partial charge in [0.05, 0.1) is 0 Å². The molecule has 78 valence electrons. The Morgan fingerprint density at radius 2 is 1.93 bits per heavy atom. The Morgan fingerprint density at radius 3 is 2.43 bits per heavy atom. The standard InChI is InChI=1S/C9H9ClF3N/c1-5-3-2-4-6(7(5)10)8(14)9(11,12)13/h2-4,8H,14H2,1H3/t8-/m0/s1. The van der Waals surface area contributed by atoms with E-state index in [1.807, 2.05) is 0 Å². The van der Waals surface area contributed by atoms with Crippen LogP contribution < -0.4 is 5.73 Å². The molecule has 0 aliphatic heterocycles. The van der Waals surface area contributed by atoms with Gasteiger partial charge in [0.1, 0.15) is 6.04 Å². The van der Waals surface area contributed by atoms with Gasteiger partial charge < -0.3 is 5.73 Å². The summed E-state index contributed by atoms with van der Waals surface area (Å²) in [4.78, 5) is 0. The average Bonchev–Trinajstić information content (AvgIpc) is 2.07. The minimum absolute atomic E-state index is 0.0809. The number of alkyl halides is 3. The van der Waals surface area contributed by atoms with E-state index in [0.717, 1.165) is 0 Å². The highest BCUT2D eigenvalue weighted by Crippen LogP contribution is 2.35. The molecule has 0 radical (unpaired) electrons. The van der Waals surface area contributed by atoms with Gasteiger partial charge in [0, 0.05) is 5.02 Å². The van der Waals surface area contributed by atoms with Gasteiger partial charge in [0.2, 0.25) is 0 Å². The van der Waals surface area contributed by atoms with Crippen LogP contribution in [0.25, 0.3) is 0 Å². The number of rotatable bonds is 1. The molecule has 1 aromatic rings. The number of benzene rings is 1. The van der Waals surface area contributed by atoms with Crippen molar-refractivity contribution in [1.29, 1.82) is 0 Å². The lowest BCUT2D eigenvalue weighted by Gasteiger charge is -2.17. The van der Waals surface area contributed by atoms with Gasteiger partial charge >= 0.3 is 6.18 Å². The molecular weight excluding hydrogens is 215 g/mol. The van der Waals surface area contributed by atoms with E-state index in [4.69, 9.17) is 17.3 Å². The van der Waals surface area contributed by atoms with Crippen molar-refractivity contribution in [3.8, 4) is 0 Å². The Balaban J connectivity index is 3.14. The van der Waals surface area contributed by atoms with Gasteiger partial charge in [-0.2, -0.15) is 13.2 Å². The summed E-state index contributed by atoms with van der Waals surface area (Å²) in [5.74, 6) is 0. The average molecular weight is 224 g/mol. The van der Waals surface area contributed by atoms with Crippen molar-refractivity contribution < 1.29 is 13.2 Å². The maximum absolute atomic E-state index is 12.3. The summed E-state index contributed by atoms with van der Waals surface area (Å²) < 4.78 is 36.8. The van der Waals surface area contributed by atoms with Gasteiger partial charge in [-0.1, -0.05) is 29.8 Å². The smallest absolute Gasteiger partial charge is 0.316 e. The molecule has 1 aromatic carbocycles. The largest absolute Gasteiger partial charge is 0.407 e. The molecule has 0 unspecified atom stereocenters. The third kappa shape index (κ3) is 2.19. The van der Waals surface area contributed by atoms with E-state index in [-0.39, 0.29) is 10.6 Å². The van der Waals surface area contributed by atoms with Gasteiger partial charge in [-0.25, -0.2) is 0 Å². The fourth-order valence-electron chi connectivity index (χ4n) is 1.09. The first-order valence-corrected chi connectivity index (χ1v) is 4.29. The summed E-state index contributed by atoms with van der Waals surface area (Å²) in [6, 6.07) is 2.40. The fraction of sp³-hybridized carbons (Fsp3) is 0.333. The summed E-state index contributed by atoms with van der Waals surface area (Å²) in [5.41, 5.74) is 5.54. The molecule has 1 atom stereocenters. The summed E-state index contributed by atoms with van der Waals surface area (Å²) >= 11 is 5.71. The number of aryl methyl sites for hydroxylation is 1. The topological polar surface area (TPSA) is 26.0 Å². The number of nitrogens with two attached hydrogens (primary N) is 1. The van der Waals surface area contributed by atoms with E-state index in [9.17, 15) is 13.2 Å². The molecule has 14 heavy (non-hydrogen) atoms. The van der Waals surface area contributed by atoms with Crippen LogP contribution in [0.15, 0.2) is 18.2 Å². The summed E-state index contributed by atoms with van der Waals surface area (Å²) in [7, 11) is 0. The molecule has 0 spiro atoms. The molecule has 0 aliphatic rings. The minimum Gasteiger partial charge on any atom is -0.316 e. The third-order valence-corrected chi connectivity index (χ3v) is 2.43. The molecular formula is C9H9ClF3N. The van der Waals surface area contributed by atoms with Gasteiger partial charge in [0.25, 0.3) is 0 Å². The molecule has 0 amide bonds. The zero-order valence-electron chi connectivity index (χ0n) is 7.40. The first-order valence-electron chi connectivity index (χ1n) is 3.91. The molecule has 1 nitrogen and oxygen atoms in total. The predicted octanol–water partition coefficient (Wildman–Crippen LogP) is 3.21. The molecule has 0 bridgehead atoms. The second-order valence-corrected chi connectivity index (χ2v) is 3.38. The Hall–Kier alpha value is -0.740. The van der Waals surface area contributed by atoms with Crippen LogP contribution in [0, 0.1) is 6.92 Å². The Morgan fingerprint density at radius 1 is 1.36 bits per heavy atom. The van der Waals surface area contributed by atoms with E-state index in [0.29, 0.717) is 5.56 Å². The summed E-state index contributed by atoms with van der Waals surface area (Å²) in [5, 5.41) is 0.0809. The van der Waals surface area contributed by atoms with Crippen LogP contribution in [0.3, 0.4) is 0 Å². The van der Waals surface area contributed by atoms with Crippen molar-refractivity contribution in [3.63, 3.8) is 0 Å². The number of halogens is 4. The van der Waals surface area contributed by atoms with Crippen LogP contribution in [0.4, 0.5) is 13.2 Å². The highest BCUT2D eigenvalue weighted by atomic mass is 35.5. The lowest BCUT2D eigenvalue weighted by atomic mass is 10.0. The molecule has 0 saturated heterocycles. The van der Waals surface area contributed by atoms with Gasteiger partial charge in [-0.15, -0.1) is 0 Å². The Kier molecular flexibility index (Phi) is 3.07. The highest BCUT2D eigenvalue weighted by molar-refractivity contribution is 6.32. The second-order valence-electron chi connectivity index (χ2n) is 3.00. The normalized spacial score (nSPS) is 14.1. The highest BCUT2D eigenvalue weighted by Gasteiger charge is 2.38. The molecule has 2 N–H and O–H groups in total. The molecule has 5 heteroatoms. The van der Waals surface area contributed by atoms with E-state index in [2.05, 4.69) is 0 Å². The lowest BCUT2D eigenvalue weighted by molar-refractivity contribution is -0.149. The first kappa shape index (κ1) is 11.3. The van der Waals surface area contributed by atoms with Crippen LogP contribution in [-0.4, -0.2) is 6.18 Å². The molecule has 0 fully saturated rings. The maximum atomic E-state index is 12.3. The van der Waals surface area contributed by atoms with Crippen molar-refractivity contribution in [2.45, 2.75) is 19.1 Å². The molecule has 0 aromatic heterocycles. The van der Waals surface area contributed by atoms with Crippen molar-refractivity contribution in [3.05, 3.63) is 34.3 Å². The maximum Gasteiger partial charge on any atom is 0.407 e. The summed E-state index contributed by atoms with van der Waals surface area (Å²) in [6.07, 6.45) is -4.46. The zero-order valence-corrected chi connectivity index (χ0v) is 8.15. The second kappa shape index (κ2) is 3.79. The first-order chi connectivity index (χ1) is 6.34. The van der Waals surface area contributed by atoms with Gasteiger partial charge in [-0.05, 0) is 18.1 Å². The van der Waals surface area contributed by atoms with Crippen molar-refractivity contribution in [2.24, 2.45) is 5.73 Å². The SMILES string of the molecule is Cc1cccc([C@H](N)C(F)(F)F)c1Cl. The Labute approximate surface area is 84.7 Å². The van der Waals surface area contributed by atoms with Crippen molar-refractivity contribution in [1.82, 2.24) is 0 Å². The van der Waals surface area contributed by atoms with E-state index >= 15 is 0 Å². The quantitative estimate of drug-likeness (QED) is 0.777. The molecule has 0 saturated carbocycles. The molecule has 0 aliphatic carbocycles. The fourth-order valence-corrected chi connectivity index (χ4v) is 1.33. The van der Waals surface area contributed by atoms with Crippen molar-refractivity contribution in [2.75, 3.05) is 0 Å². The van der Waals surface area contributed by atoms with E-state index < -0.39 is 12.2 Å². The van der Waals surface area contributed by atoms with Gasteiger partial charge in [-0.3, -0.25) is 0 Å². The van der Waals surface area contributed by atoms with Crippen LogP contribution in [0.1, 0.15) is 17.2 Å². The van der Waals surface area contributed by atoms with Crippen LogP contribution >= 0.6 is 11.6 Å². The van der Waals surface area contributed by atoms with Crippen LogP contribution in [0.5, 0.6) is 0 Å². The number of hydrogen-bond donors (Lipinski definition) is 1. The monoisotopic (exact) mass is 223 g/mol. The zero-order chi connectivity index (χ0) is 10.9. The minimum atomic E-state index is -4.46. The lowest BCUT2D eigenvalue weighted by Crippen LogP contribution is -2.28.